The maximum Gasteiger partial charge on any atom is 0.315 e. The highest BCUT2D eigenvalue weighted by Gasteiger charge is 2.24. The summed E-state index contributed by atoms with van der Waals surface area (Å²) in [6, 6.07) is 2.36. The second-order valence-corrected chi connectivity index (χ2v) is 5.03. The maximum absolute atomic E-state index is 11.0. The summed E-state index contributed by atoms with van der Waals surface area (Å²) in [4.78, 5) is 11.0. The molecular formula is C11H17NO2S. The van der Waals surface area contributed by atoms with Crippen LogP contribution < -0.4 is 0 Å². The average Bonchev–Trinajstić information content (AvgIpc) is 2.50. The SMILES string of the molecule is COC(=O)CSC1CCCCCC1C#N. The zero-order valence-corrected chi connectivity index (χ0v) is 9.89. The number of rotatable bonds is 3. The van der Waals surface area contributed by atoms with Gasteiger partial charge in [-0.1, -0.05) is 19.3 Å². The predicted octanol–water partition coefficient (Wildman–Crippen LogP) is 2.37. The Morgan fingerprint density at radius 2 is 2.20 bits per heavy atom. The zero-order chi connectivity index (χ0) is 11.1. The second-order valence-electron chi connectivity index (χ2n) is 3.80. The maximum atomic E-state index is 11.0. The van der Waals surface area contributed by atoms with E-state index in [9.17, 15) is 4.79 Å². The molecule has 0 aliphatic heterocycles. The number of nitriles is 1. The van der Waals surface area contributed by atoms with Crippen LogP contribution in [0.2, 0.25) is 0 Å². The van der Waals surface area contributed by atoms with Crippen LogP contribution >= 0.6 is 11.8 Å². The fourth-order valence-electron chi connectivity index (χ4n) is 1.85. The van der Waals surface area contributed by atoms with E-state index in [1.807, 2.05) is 0 Å². The van der Waals surface area contributed by atoms with Crippen LogP contribution in [-0.2, 0) is 9.53 Å². The second kappa shape index (κ2) is 6.73. The van der Waals surface area contributed by atoms with Gasteiger partial charge >= 0.3 is 5.97 Å². The number of esters is 1. The van der Waals surface area contributed by atoms with Crippen LogP contribution in [0, 0.1) is 17.2 Å². The predicted molar refractivity (Wildman–Crippen MR) is 60.5 cm³/mol. The van der Waals surface area contributed by atoms with Gasteiger partial charge < -0.3 is 4.74 Å². The molecule has 0 aromatic carbocycles. The molecule has 0 saturated heterocycles. The van der Waals surface area contributed by atoms with E-state index in [2.05, 4.69) is 10.8 Å². The molecule has 15 heavy (non-hydrogen) atoms. The molecule has 0 heterocycles. The van der Waals surface area contributed by atoms with Crippen molar-refractivity contribution in [2.45, 2.75) is 37.4 Å². The lowest BCUT2D eigenvalue weighted by molar-refractivity contribution is -0.137. The van der Waals surface area contributed by atoms with E-state index in [-0.39, 0.29) is 11.9 Å². The Balaban J connectivity index is 2.42. The first-order chi connectivity index (χ1) is 7.27. The van der Waals surface area contributed by atoms with Gasteiger partial charge in [0.1, 0.15) is 0 Å². The number of hydrogen-bond acceptors (Lipinski definition) is 4. The van der Waals surface area contributed by atoms with Gasteiger partial charge in [0.15, 0.2) is 0 Å². The minimum absolute atomic E-state index is 0.113. The molecule has 0 radical (unpaired) electrons. The normalized spacial score (nSPS) is 26.4. The minimum Gasteiger partial charge on any atom is -0.468 e. The van der Waals surface area contributed by atoms with Crippen molar-refractivity contribution in [2.75, 3.05) is 12.9 Å². The number of nitrogens with zero attached hydrogens (tertiary/aromatic N) is 1. The molecule has 2 unspecified atom stereocenters. The van der Waals surface area contributed by atoms with E-state index in [1.165, 1.54) is 20.0 Å². The summed E-state index contributed by atoms with van der Waals surface area (Å²) in [5, 5.41) is 9.35. The van der Waals surface area contributed by atoms with Crippen molar-refractivity contribution in [3.63, 3.8) is 0 Å². The fraction of sp³-hybridized carbons (Fsp3) is 0.818. The van der Waals surface area contributed by atoms with E-state index < -0.39 is 0 Å². The molecule has 1 saturated carbocycles. The molecule has 1 aliphatic rings. The van der Waals surface area contributed by atoms with Crippen LogP contribution in [-0.4, -0.2) is 24.1 Å². The molecule has 2 atom stereocenters. The lowest BCUT2D eigenvalue weighted by Gasteiger charge is -2.17. The molecule has 84 valence electrons. The van der Waals surface area contributed by atoms with E-state index in [1.54, 1.807) is 11.8 Å². The molecule has 4 heteroatoms. The quantitative estimate of drug-likeness (QED) is 0.548. The first-order valence-corrected chi connectivity index (χ1v) is 6.41. The number of hydrogen-bond donors (Lipinski definition) is 0. The van der Waals surface area contributed by atoms with Crippen LogP contribution in [0.4, 0.5) is 0 Å². The highest BCUT2D eigenvalue weighted by atomic mass is 32.2. The largest absolute Gasteiger partial charge is 0.468 e. The lowest BCUT2D eigenvalue weighted by Crippen LogP contribution is -2.17. The van der Waals surface area contributed by atoms with E-state index in [0.717, 1.165) is 19.3 Å². The minimum atomic E-state index is -0.194. The van der Waals surface area contributed by atoms with Crippen LogP contribution in [0.25, 0.3) is 0 Å². The van der Waals surface area contributed by atoms with Gasteiger partial charge in [-0.05, 0) is 12.8 Å². The Hall–Kier alpha value is -0.690. The van der Waals surface area contributed by atoms with Gasteiger partial charge in [-0.15, -0.1) is 11.8 Å². The number of carbonyl (C=O) groups is 1. The van der Waals surface area contributed by atoms with Crippen molar-refractivity contribution in [3.05, 3.63) is 0 Å². The fourth-order valence-corrected chi connectivity index (χ4v) is 3.09. The highest BCUT2D eigenvalue weighted by molar-refractivity contribution is 8.00. The van der Waals surface area contributed by atoms with Gasteiger partial charge in [-0.2, -0.15) is 5.26 Å². The van der Waals surface area contributed by atoms with Crippen molar-refractivity contribution in [2.24, 2.45) is 5.92 Å². The molecule has 0 N–H and O–H groups in total. The molecule has 0 amide bonds. The first-order valence-electron chi connectivity index (χ1n) is 5.36. The average molecular weight is 227 g/mol. The molecule has 1 rings (SSSR count). The van der Waals surface area contributed by atoms with Crippen LogP contribution in [0.15, 0.2) is 0 Å². The van der Waals surface area contributed by atoms with Gasteiger partial charge in [-0.25, -0.2) is 0 Å². The molecule has 1 fully saturated rings. The number of ether oxygens (including phenoxy) is 1. The summed E-state index contributed by atoms with van der Waals surface area (Å²) < 4.78 is 4.60. The van der Waals surface area contributed by atoms with E-state index in [4.69, 9.17) is 5.26 Å². The summed E-state index contributed by atoms with van der Waals surface area (Å²) in [6.45, 7) is 0. The summed E-state index contributed by atoms with van der Waals surface area (Å²) in [7, 11) is 1.40. The Morgan fingerprint density at radius 3 is 2.87 bits per heavy atom. The van der Waals surface area contributed by atoms with Crippen molar-refractivity contribution in [1.29, 1.82) is 5.26 Å². The molecule has 3 nitrogen and oxygen atoms in total. The summed E-state index contributed by atoms with van der Waals surface area (Å²) in [5.74, 6) is 0.294. The van der Waals surface area contributed by atoms with E-state index >= 15 is 0 Å². The van der Waals surface area contributed by atoms with Crippen LogP contribution in [0.3, 0.4) is 0 Å². The smallest absolute Gasteiger partial charge is 0.315 e. The lowest BCUT2D eigenvalue weighted by atomic mass is 10.0. The van der Waals surface area contributed by atoms with Crippen molar-refractivity contribution in [1.82, 2.24) is 0 Å². The summed E-state index contributed by atoms with van der Waals surface area (Å²) in [5.41, 5.74) is 0. The Kier molecular flexibility index (Phi) is 5.56. The number of carbonyl (C=O) groups excluding carboxylic acids is 1. The van der Waals surface area contributed by atoms with E-state index in [0.29, 0.717) is 11.0 Å². The first kappa shape index (κ1) is 12.4. The molecule has 0 aromatic rings. The topological polar surface area (TPSA) is 50.1 Å². The summed E-state index contributed by atoms with van der Waals surface area (Å²) in [6.07, 6.45) is 5.58. The van der Waals surface area contributed by atoms with Gasteiger partial charge in [0.05, 0.1) is 24.8 Å². The zero-order valence-electron chi connectivity index (χ0n) is 9.07. The molecule has 0 spiro atoms. The third-order valence-corrected chi connectivity index (χ3v) is 4.16. The van der Waals surface area contributed by atoms with Crippen LogP contribution in [0.1, 0.15) is 32.1 Å². The molecule has 1 aliphatic carbocycles. The Morgan fingerprint density at radius 1 is 1.47 bits per heavy atom. The monoisotopic (exact) mass is 227 g/mol. The van der Waals surface area contributed by atoms with Crippen molar-refractivity contribution < 1.29 is 9.53 Å². The molecular weight excluding hydrogens is 210 g/mol. The Labute approximate surface area is 95.2 Å². The third-order valence-electron chi connectivity index (χ3n) is 2.76. The Bertz CT molecular complexity index is 249. The standard InChI is InChI=1S/C11H17NO2S/c1-14-11(13)8-15-10-6-4-2-3-5-9(10)7-12/h9-10H,2-6,8H2,1H3. The van der Waals surface area contributed by atoms with Crippen LogP contribution in [0.5, 0.6) is 0 Å². The highest BCUT2D eigenvalue weighted by Crippen LogP contribution is 2.31. The van der Waals surface area contributed by atoms with Crippen molar-refractivity contribution >= 4 is 17.7 Å². The third kappa shape index (κ3) is 4.13. The summed E-state index contributed by atoms with van der Waals surface area (Å²) >= 11 is 1.58. The number of methoxy groups -OCH3 is 1. The van der Waals surface area contributed by atoms with Gasteiger partial charge in [0.25, 0.3) is 0 Å². The van der Waals surface area contributed by atoms with Gasteiger partial charge in [0.2, 0.25) is 0 Å². The van der Waals surface area contributed by atoms with Gasteiger partial charge in [-0.3, -0.25) is 4.79 Å². The van der Waals surface area contributed by atoms with Crippen molar-refractivity contribution in [3.8, 4) is 6.07 Å². The van der Waals surface area contributed by atoms with Gasteiger partial charge in [0, 0.05) is 5.25 Å². The molecule has 0 aromatic heterocycles. The number of thioether (sulfide) groups is 1. The molecule has 0 bridgehead atoms.